The zero-order chi connectivity index (χ0) is 16.1. The lowest BCUT2D eigenvalue weighted by Gasteiger charge is -2.34. The van der Waals surface area contributed by atoms with Crippen LogP contribution in [0.4, 0.5) is 10.1 Å². The standard InChI is InChI=1S/C15H20FN3O3/c1-22-15(21)12-8-10(16)2-3-13(12)19-6-4-11(5-7-19)18-9-14(17)20/h2-3,8,11,18H,4-7,9H2,1H3,(H2,17,20). The third-order valence-corrected chi connectivity index (χ3v) is 3.76. The van der Waals surface area contributed by atoms with Crippen LogP contribution in [0.15, 0.2) is 18.2 Å². The van der Waals surface area contributed by atoms with E-state index in [1.165, 1.54) is 19.2 Å². The Balaban J connectivity index is 2.05. The van der Waals surface area contributed by atoms with E-state index in [0.717, 1.165) is 12.8 Å². The van der Waals surface area contributed by atoms with Gasteiger partial charge in [-0.2, -0.15) is 0 Å². The normalized spacial score (nSPS) is 15.6. The van der Waals surface area contributed by atoms with Gasteiger partial charge in [0.25, 0.3) is 0 Å². The number of piperidine rings is 1. The van der Waals surface area contributed by atoms with Gasteiger partial charge in [-0.05, 0) is 31.0 Å². The zero-order valence-electron chi connectivity index (χ0n) is 12.5. The van der Waals surface area contributed by atoms with Gasteiger partial charge in [0.1, 0.15) is 5.82 Å². The topological polar surface area (TPSA) is 84.7 Å². The fourth-order valence-electron chi connectivity index (χ4n) is 2.63. The first-order valence-corrected chi connectivity index (χ1v) is 7.15. The molecule has 1 aliphatic heterocycles. The van der Waals surface area contributed by atoms with Gasteiger partial charge in [0.05, 0.1) is 24.9 Å². The van der Waals surface area contributed by atoms with Crippen LogP contribution in [0.5, 0.6) is 0 Å². The first-order valence-electron chi connectivity index (χ1n) is 7.15. The molecule has 1 heterocycles. The third-order valence-electron chi connectivity index (χ3n) is 3.76. The Morgan fingerprint density at radius 2 is 2.09 bits per heavy atom. The summed E-state index contributed by atoms with van der Waals surface area (Å²) in [6.45, 7) is 1.56. The first kappa shape index (κ1) is 16.2. The molecule has 1 aliphatic rings. The van der Waals surface area contributed by atoms with Gasteiger partial charge in [0, 0.05) is 19.1 Å². The summed E-state index contributed by atoms with van der Waals surface area (Å²) in [5.41, 5.74) is 6.01. The average Bonchev–Trinajstić information content (AvgIpc) is 2.52. The molecule has 1 aromatic rings. The van der Waals surface area contributed by atoms with E-state index in [9.17, 15) is 14.0 Å². The van der Waals surface area contributed by atoms with Gasteiger partial charge in [0.2, 0.25) is 5.91 Å². The summed E-state index contributed by atoms with van der Waals surface area (Å²) in [6, 6.07) is 4.34. The second-order valence-corrected chi connectivity index (χ2v) is 5.26. The number of carbonyl (C=O) groups is 2. The molecule has 1 aromatic carbocycles. The molecule has 0 atom stereocenters. The molecule has 0 aliphatic carbocycles. The molecule has 0 bridgehead atoms. The van der Waals surface area contributed by atoms with Crippen molar-refractivity contribution in [2.45, 2.75) is 18.9 Å². The van der Waals surface area contributed by atoms with Crippen LogP contribution in [0.25, 0.3) is 0 Å². The van der Waals surface area contributed by atoms with Gasteiger partial charge in [-0.15, -0.1) is 0 Å². The number of halogens is 1. The number of rotatable bonds is 5. The lowest BCUT2D eigenvalue weighted by Crippen LogP contribution is -2.45. The van der Waals surface area contributed by atoms with E-state index in [0.29, 0.717) is 18.8 Å². The second kappa shape index (κ2) is 7.22. The van der Waals surface area contributed by atoms with Crippen LogP contribution in [-0.2, 0) is 9.53 Å². The Bertz CT molecular complexity index is 557. The molecular formula is C15H20FN3O3. The Labute approximate surface area is 128 Å². The maximum absolute atomic E-state index is 13.4. The highest BCUT2D eigenvalue weighted by Crippen LogP contribution is 2.25. The fraction of sp³-hybridized carbons (Fsp3) is 0.467. The number of anilines is 1. The summed E-state index contributed by atoms with van der Waals surface area (Å²) in [5, 5.41) is 3.10. The van der Waals surface area contributed by atoms with Crippen molar-refractivity contribution in [1.29, 1.82) is 0 Å². The van der Waals surface area contributed by atoms with Crippen LogP contribution >= 0.6 is 0 Å². The molecule has 0 unspecified atom stereocenters. The number of hydrogen-bond acceptors (Lipinski definition) is 5. The average molecular weight is 309 g/mol. The number of nitrogens with one attached hydrogen (secondary N) is 1. The van der Waals surface area contributed by atoms with Crippen molar-refractivity contribution < 1.29 is 18.7 Å². The minimum atomic E-state index is -0.552. The molecular weight excluding hydrogens is 289 g/mol. The van der Waals surface area contributed by atoms with Gasteiger partial charge >= 0.3 is 5.97 Å². The number of ether oxygens (including phenoxy) is 1. The predicted octanol–water partition coefficient (Wildman–Crippen LogP) is 0.656. The van der Waals surface area contributed by atoms with E-state index in [1.54, 1.807) is 6.07 Å². The van der Waals surface area contributed by atoms with Crippen LogP contribution < -0.4 is 16.0 Å². The number of carbonyl (C=O) groups excluding carboxylic acids is 2. The summed E-state index contributed by atoms with van der Waals surface area (Å²) < 4.78 is 18.1. The van der Waals surface area contributed by atoms with Gasteiger partial charge in [-0.3, -0.25) is 4.79 Å². The first-order chi connectivity index (χ1) is 10.5. The van der Waals surface area contributed by atoms with Crippen LogP contribution in [-0.4, -0.2) is 44.7 Å². The Morgan fingerprint density at radius 1 is 1.41 bits per heavy atom. The molecule has 0 saturated carbocycles. The molecule has 1 amide bonds. The van der Waals surface area contributed by atoms with Crippen LogP contribution in [0.2, 0.25) is 0 Å². The number of benzene rings is 1. The molecule has 7 heteroatoms. The highest BCUT2D eigenvalue weighted by atomic mass is 19.1. The van der Waals surface area contributed by atoms with E-state index in [2.05, 4.69) is 5.32 Å². The van der Waals surface area contributed by atoms with E-state index in [-0.39, 0.29) is 24.1 Å². The van der Waals surface area contributed by atoms with Crippen molar-refractivity contribution in [3.8, 4) is 0 Å². The summed E-state index contributed by atoms with van der Waals surface area (Å²) in [5.74, 6) is -1.40. The lowest BCUT2D eigenvalue weighted by molar-refractivity contribution is -0.117. The Hall–Kier alpha value is -2.15. The number of methoxy groups -OCH3 is 1. The largest absolute Gasteiger partial charge is 0.465 e. The highest BCUT2D eigenvalue weighted by Gasteiger charge is 2.23. The van der Waals surface area contributed by atoms with Gasteiger partial charge in [-0.1, -0.05) is 0 Å². The SMILES string of the molecule is COC(=O)c1cc(F)ccc1N1CCC(NCC(N)=O)CC1. The van der Waals surface area contributed by atoms with Crippen molar-refractivity contribution in [2.24, 2.45) is 5.73 Å². The highest BCUT2D eigenvalue weighted by molar-refractivity contribution is 5.95. The summed E-state index contributed by atoms with van der Waals surface area (Å²) in [4.78, 5) is 24.6. The molecule has 0 radical (unpaired) electrons. The number of esters is 1. The summed E-state index contributed by atoms with van der Waals surface area (Å²) in [6.07, 6.45) is 1.62. The Kier molecular flexibility index (Phi) is 5.32. The van der Waals surface area contributed by atoms with Crippen molar-refractivity contribution in [1.82, 2.24) is 5.32 Å². The van der Waals surface area contributed by atoms with Crippen LogP contribution in [0.1, 0.15) is 23.2 Å². The summed E-state index contributed by atoms with van der Waals surface area (Å²) >= 11 is 0. The molecule has 1 saturated heterocycles. The minimum absolute atomic E-state index is 0.161. The maximum Gasteiger partial charge on any atom is 0.340 e. The van der Waals surface area contributed by atoms with E-state index >= 15 is 0 Å². The van der Waals surface area contributed by atoms with Crippen molar-refractivity contribution in [2.75, 3.05) is 31.6 Å². The number of nitrogens with zero attached hydrogens (tertiary/aromatic N) is 1. The van der Waals surface area contributed by atoms with Crippen molar-refractivity contribution >= 4 is 17.6 Å². The van der Waals surface area contributed by atoms with E-state index in [1.807, 2.05) is 4.90 Å². The summed E-state index contributed by atoms with van der Waals surface area (Å²) in [7, 11) is 1.27. The number of amides is 1. The molecule has 0 aromatic heterocycles. The Morgan fingerprint density at radius 3 is 2.68 bits per heavy atom. The number of hydrogen-bond donors (Lipinski definition) is 2. The van der Waals surface area contributed by atoms with E-state index in [4.69, 9.17) is 10.5 Å². The minimum Gasteiger partial charge on any atom is -0.465 e. The molecule has 120 valence electrons. The van der Waals surface area contributed by atoms with Gasteiger partial charge in [-0.25, -0.2) is 9.18 Å². The quantitative estimate of drug-likeness (QED) is 0.780. The van der Waals surface area contributed by atoms with E-state index < -0.39 is 11.8 Å². The monoisotopic (exact) mass is 309 g/mol. The molecule has 1 fully saturated rings. The van der Waals surface area contributed by atoms with Gasteiger partial charge in [0.15, 0.2) is 0 Å². The molecule has 3 N–H and O–H groups in total. The van der Waals surface area contributed by atoms with Crippen molar-refractivity contribution in [3.05, 3.63) is 29.6 Å². The predicted molar refractivity (Wildman–Crippen MR) is 80.2 cm³/mol. The third kappa shape index (κ3) is 3.94. The maximum atomic E-state index is 13.4. The van der Waals surface area contributed by atoms with Crippen LogP contribution in [0, 0.1) is 5.82 Å². The smallest absolute Gasteiger partial charge is 0.340 e. The number of nitrogens with two attached hydrogens (primary N) is 1. The second-order valence-electron chi connectivity index (χ2n) is 5.26. The fourth-order valence-corrected chi connectivity index (χ4v) is 2.63. The number of primary amides is 1. The van der Waals surface area contributed by atoms with Crippen LogP contribution in [0.3, 0.4) is 0 Å². The van der Waals surface area contributed by atoms with Crippen molar-refractivity contribution in [3.63, 3.8) is 0 Å². The molecule has 2 rings (SSSR count). The zero-order valence-corrected chi connectivity index (χ0v) is 12.5. The molecule has 0 spiro atoms. The lowest BCUT2D eigenvalue weighted by atomic mass is 10.0. The molecule has 22 heavy (non-hydrogen) atoms. The molecule has 6 nitrogen and oxygen atoms in total. The van der Waals surface area contributed by atoms with Gasteiger partial charge < -0.3 is 20.7 Å².